The first kappa shape index (κ1) is 71.0. The first-order valence-electron chi connectivity index (χ1n) is 43.8. The highest BCUT2D eigenvalue weighted by molar-refractivity contribution is 6.40. The Kier molecular flexibility index (Phi) is 14.3. The van der Waals surface area contributed by atoms with Gasteiger partial charge in [-0.3, -0.25) is 23.7 Å². The molecule has 31 aromatic rings. The zero-order chi connectivity index (χ0) is 85.9. The van der Waals surface area contributed by atoms with Gasteiger partial charge in [0.15, 0.2) is 5.69 Å². The number of pyridine rings is 2. The molecule has 0 spiro atoms. The van der Waals surface area contributed by atoms with Crippen molar-refractivity contribution in [3.8, 4) is 29.1 Å². The average molecular weight is 1670 g/mol. The molecular weight excluding hydrogens is 1610 g/mol. The molecular formula is C115H62N16. The topological polar surface area (TPSA) is 140 Å². The van der Waals surface area contributed by atoms with Crippen molar-refractivity contribution < 1.29 is 0 Å². The Morgan fingerprint density at radius 2 is 0.573 bits per heavy atom. The van der Waals surface area contributed by atoms with Crippen molar-refractivity contribution in [3.05, 3.63) is 387 Å². The van der Waals surface area contributed by atoms with E-state index in [-0.39, 0.29) is 5.82 Å². The lowest BCUT2D eigenvalue weighted by atomic mass is 10.0. The molecule has 16 heteroatoms. The summed E-state index contributed by atoms with van der Waals surface area (Å²) in [4.78, 5) is 46.7. The molecule has 0 aliphatic heterocycles. The van der Waals surface area contributed by atoms with Crippen LogP contribution in [0.25, 0.3) is 284 Å². The number of nitrogens with zero attached hydrogens (tertiary/aromatic N) is 16. The lowest BCUT2D eigenvalue weighted by molar-refractivity contribution is 0.990. The summed E-state index contributed by atoms with van der Waals surface area (Å²) >= 11 is 0. The van der Waals surface area contributed by atoms with Crippen molar-refractivity contribution in [2.75, 3.05) is 0 Å². The smallest absolute Gasteiger partial charge is 0.332 e. The van der Waals surface area contributed by atoms with Crippen LogP contribution in [0.2, 0.25) is 0 Å². The monoisotopic (exact) mass is 1670 g/mol. The van der Waals surface area contributed by atoms with Gasteiger partial charge >= 0.3 is 11.8 Å². The predicted octanol–water partition coefficient (Wildman–Crippen LogP) is 29.0. The van der Waals surface area contributed by atoms with Gasteiger partial charge in [-0.25, -0.2) is 24.8 Å². The van der Waals surface area contributed by atoms with Crippen molar-refractivity contribution in [2.45, 2.75) is 6.92 Å². The van der Waals surface area contributed by atoms with E-state index >= 15 is 0 Å². The molecule has 31 rings (SSSR count). The summed E-state index contributed by atoms with van der Waals surface area (Å²) in [5.41, 5.74) is 24.2. The average Bonchev–Trinajstić information content (AvgIpc) is 1.52. The second-order valence-electron chi connectivity index (χ2n) is 34.2. The molecule has 14 aromatic heterocycles. The number of fused-ring (bicyclic) bond motifs is 36. The molecule has 0 N–H and O–H groups in total. The number of aryl methyl sites for hydroxylation is 1. The van der Waals surface area contributed by atoms with E-state index in [0.29, 0.717) is 34.6 Å². The van der Waals surface area contributed by atoms with Crippen LogP contribution in [0.4, 0.5) is 11.5 Å². The number of benzene rings is 17. The number of para-hydroxylation sites is 7. The molecule has 602 valence electrons. The van der Waals surface area contributed by atoms with E-state index in [9.17, 15) is 0 Å². The molecule has 0 saturated heterocycles. The van der Waals surface area contributed by atoms with E-state index < -0.39 is 0 Å². The predicted molar refractivity (Wildman–Crippen MR) is 536 cm³/mol. The molecule has 0 saturated carbocycles. The van der Waals surface area contributed by atoms with Crippen LogP contribution in [0, 0.1) is 20.1 Å². The van der Waals surface area contributed by atoms with Gasteiger partial charge in [-0.1, -0.05) is 236 Å². The van der Waals surface area contributed by atoms with E-state index in [2.05, 4.69) is 328 Å². The van der Waals surface area contributed by atoms with Gasteiger partial charge in [0.2, 0.25) is 11.9 Å². The van der Waals surface area contributed by atoms with E-state index in [1.54, 1.807) is 12.4 Å². The fourth-order valence-corrected chi connectivity index (χ4v) is 22.1. The molecule has 0 amide bonds. The van der Waals surface area contributed by atoms with E-state index in [4.69, 9.17) is 48.0 Å². The molecule has 0 aliphatic rings. The lowest BCUT2D eigenvalue weighted by Crippen LogP contribution is -2.04. The van der Waals surface area contributed by atoms with Crippen molar-refractivity contribution in [1.29, 1.82) is 0 Å². The van der Waals surface area contributed by atoms with Crippen LogP contribution in [-0.4, -0.2) is 66.8 Å². The molecule has 17 aromatic carbocycles. The third kappa shape index (κ3) is 9.71. The molecule has 0 unspecified atom stereocenters. The van der Waals surface area contributed by atoms with Crippen LogP contribution >= 0.6 is 0 Å². The highest BCUT2D eigenvalue weighted by atomic mass is 15.2. The first-order valence-corrected chi connectivity index (χ1v) is 43.8. The van der Waals surface area contributed by atoms with Crippen LogP contribution in [0.5, 0.6) is 0 Å². The summed E-state index contributed by atoms with van der Waals surface area (Å²) in [5, 5.41) is 30.4. The summed E-state index contributed by atoms with van der Waals surface area (Å²) in [5.74, 6) is 2.01. The van der Waals surface area contributed by atoms with Crippen molar-refractivity contribution in [2.24, 2.45) is 0 Å². The molecule has 0 aliphatic carbocycles. The Balaban J connectivity index is 0.0000000969. The number of hydrogen-bond acceptors (Lipinski definition) is 8. The largest absolute Gasteiger partial charge is 0.359 e. The Morgan fingerprint density at radius 3 is 0.992 bits per heavy atom. The summed E-state index contributed by atoms with van der Waals surface area (Å²) in [6.07, 6.45) is 3.45. The lowest BCUT2D eigenvalue weighted by Gasteiger charge is -2.11. The second-order valence-corrected chi connectivity index (χ2v) is 34.2. The highest BCUT2D eigenvalue weighted by Gasteiger charge is 2.32. The van der Waals surface area contributed by atoms with Gasteiger partial charge in [0.25, 0.3) is 0 Å². The van der Waals surface area contributed by atoms with Gasteiger partial charge in [-0.2, -0.15) is 4.98 Å². The van der Waals surface area contributed by atoms with Crippen LogP contribution in [0.15, 0.2) is 358 Å². The number of aromatic nitrogens is 14. The SMILES string of the molecule is Cc1nc(-n2c3ccccc3c3c4c5cc6ccccc6cc5n5c6ccccc6c(cc32)c45)nc2ccccc12.[C-]#[N+]c1ccc(-c2nc(-n3c4ccccc4c4c5c6cc7ccccc7cc6n6c7ccccc7c(cc43)c56)nc3cccnc23)cc1.[C-]#[N+]c1nc(-n2c3ccccc3c3c4c5cc6ccccc6cc5n5c6ccccc6c(cc32)c45)nc2cccnc12. The Morgan fingerprint density at radius 1 is 0.237 bits per heavy atom. The minimum atomic E-state index is 0.251. The highest BCUT2D eigenvalue weighted by Crippen LogP contribution is 2.53. The van der Waals surface area contributed by atoms with Gasteiger partial charge in [0.1, 0.15) is 16.7 Å². The maximum absolute atomic E-state index is 7.85. The zero-order valence-electron chi connectivity index (χ0n) is 69.7. The molecule has 0 fully saturated rings. The van der Waals surface area contributed by atoms with E-state index in [0.717, 1.165) is 88.1 Å². The number of rotatable bonds is 4. The summed E-state index contributed by atoms with van der Waals surface area (Å²) in [6, 6.07) is 122. The van der Waals surface area contributed by atoms with Gasteiger partial charge < -0.3 is 18.0 Å². The van der Waals surface area contributed by atoms with Crippen LogP contribution in [0.1, 0.15) is 5.69 Å². The molecule has 0 bridgehead atoms. The van der Waals surface area contributed by atoms with E-state index in [1.165, 1.54) is 163 Å². The van der Waals surface area contributed by atoms with Gasteiger partial charge in [0, 0.05) is 120 Å². The Hall–Kier alpha value is -18.4. The third-order valence-corrected chi connectivity index (χ3v) is 27.5. The minimum absolute atomic E-state index is 0.251. The van der Waals surface area contributed by atoms with Crippen molar-refractivity contribution in [3.63, 3.8) is 0 Å². The zero-order valence-corrected chi connectivity index (χ0v) is 69.7. The quantitative estimate of drug-likeness (QED) is 0.159. The number of hydrogen-bond donors (Lipinski definition) is 0. The molecule has 16 nitrogen and oxygen atoms in total. The van der Waals surface area contributed by atoms with Crippen molar-refractivity contribution in [1.82, 2.24) is 66.8 Å². The fourth-order valence-electron chi connectivity index (χ4n) is 22.1. The van der Waals surface area contributed by atoms with Gasteiger partial charge in [0.05, 0.1) is 112 Å². The molecule has 0 atom stereocenters. The van der Waals surface area contributed by atoms with Gasteiger partial charge in [-0.15, -0.1) is 0 Å². The maximum Gasteiger partial charge on any atom is 0.332 e. The maximum atomic E-state index is 7.85. The fraction of sp³-hybridized carbons (Fsp3) is 0.00870. The second kappa shape index (κ2) is 26.4. The first-order chi connectivity index (χ1) is 64.8. The van der Waals surface area contributed by atoms with Crippen LogP contribution in [-0.2, 0) is 0 Å². The van der Waals surface area contributed by atoms with E-state index in [1.807, 2.05) is 66.7 Å². The summed E-state index contributed by atoms with van der Waals surface area (Å²) in [6.45, 7) is 17.4. The van der Waals surface area contributed by atoms with Crippen LogP contribution < -0.4 is 0 Å². The van der Waals surface area contributed by atoms with Crippen molar-refractivity contribution >= 4 is 256 Å². The standard InChI is InChI=1S/C42H22N6.C37H22N4.C36H18N6/c1-43-27-18-16-24(17-19-27)39-40-32(13-8-20-44-40)45-42(46-39)48-34-15-7-5-12-29(34)37-36(48)23-30-28-11-4-6-14-33(28)47-35-22-26-10-3-2-9-25(26)21-31(35)38(37)41(30)47;1-21-24-12-4-7-15-29(24)39-37(38-21)41-31-17-9-6-14-26(31)34-33(41)20-27-25-13-5-8-16-30(25)40-32-19-23-11-3-2-10-22(23)18-28(32)35(34)36(27)40;1-37-35-33-26(13-8-16-38-33)39-36(40-35)42-28-15-7-5-12-23(28)31-30(42)19-24-22-11-4-6-14-27(22)41-29-18-21-10-3-2-9-20(21)17-25(29)32(31)34(24)41/h2-23H;2-20H,1H3;2-19H. The third-order valence-electron chi connectivity index (χ3n) is 27.5. The molecule has 0 radical (unpaired) electrons. The summed E-state index contributed by atoms with van der Waals surface area (Å²) in [7, 11) is 0. The van der Waals surface area contributed by atoms with Crippen LogP contribution in [0.3, 0.4) is 0 Å². The normalized spacial score (nSPS) is 12.3. The Bertz CT molecular complexity index is 10600. The Labute approximate surface area is 741 Å². The minimum Gasteiger partial charge on any atom is -0.359 e. The van der Waals surface area contributed by atoms with Gasteiger partial charge in [-0.05, 0) is 161 Å². The molecule has 131 heavy (non-hydrogen) atoms. The molecule has 14 heterocycles. The summed E-state index contributed by atoms with van der Waals surface area (Å²) < 4.78 is 14.0.